The highest BCUT2D eigenvalue weighted by Gasteiger charge is 2.53. The van der Waals surface area contributed by atoms with Crippen molar-refractivity contribution in [2.45, 2.75) is 343 Å². The summed E-state index contributed by atoms with van der Waals surface area (Å²) in [5.41, 5.74) is 0. The summed E-state index contributed by atoms with van der Waals surface area (Å²) in [6.45, 7) is 1.70. The molecule has 84 heavy (non-hydrogen) atoms. The van der Waals surface area contributed by atoms with Crippen LogP contribution in [-0.2, 0) is 33.2 Å². The highest BCUT2D eigenvalue weighted by molar-refractivity contribution is 5.76. The first-order valence-electron chi connectivity index (χ1n) is 33.2. The molecule has 3 heterocycles. The number of carbonyl (C=O) groups is 1. The Labute approximate surface area is 504 Å². The largest absolute Gasteiger partial charge is 0.394 e. The average molecular weight is 1200 g/mol. The summed E-state index contributed by atoms with van der Waals surface area (Å²) in [4.78, 5) is 13.3. The summed E-state index contributed by atoms with van der Waals surface area (Å²) in [5.74, 6) is -0.289. The number of hydrogen-bond donors (Lipinski definition) is 12. The maximum absolute atomic E-state index is 13.3. The van der Waals surface area contributed by atoms with E-state index in [-0.39, 0.29) is 18.9 Å². The topological polar surface area (TPSA) is 307 Å². The Kier molecular flexibility index (Phi) is 43.5. The minimum atomic E-state index is -1.98. The molecule has 19 heteroatoms. The third-order valence-corrected chi connectivity index (χ3v) is 16.7. The summed E-state index contributed by atoms with van der Waals surface area (Å²) in [6.07, 6.45) is 27.2. The lowest BCUT2D eigenvalue weighted by molar-refractivity contribution is -0.379. The van der Waals surface area contributed by atoms with Crippen molar-refractivity contribution in [3.05, 3.63) is 36.5 Å². The molecule has 3 aliphatic rings. The zero-order valence-corrected chi connectivity index (χ0v) is 51.6. The predicted molar refractivity (Wildman–Crippen MR) is 323 cm³/mol. The van der Waals surface area contributed by atoms with E-state index in [1.807, 2.05) is 6.08 Å². The molecule has 17 atom stereocenters. The molecule has 3 aliphatic heterocycles. The fourth-order valence-electron chi connectivity index (χ4n) is 11.2. The van der Waals surface area contributed by atoms with Crippen molar-refractivity contribution < 1.29 is 89.4 Å². The lowest BCUT2D eigenvalue weighted by atomic mass is 9.96. The number of aliphatic hydroxyl groups excluding tert-OH is 11. The van der Waals surface area contributed by atoms with Crippen molar-refractivity contribution in [2.75, 3.05) is 26.4 Å². The Morgan fingerprint density at radius 2 is 0.762 bits per heavy atom. The standard InChI is InChI=1S/C65H119NO18/c1-3-5-7-9-11-13-15-17-18-19-20-21-22-23-24-25-26-27-28-29-30-31-32-34-36-38-40-42-49(70)48(66-53(71)43-41-39-37-35-33-16-14-12-10-8-6-4-2)47-79-63-59(77)56(74)61(51(45-68)81-63)84-65-60(78)57(75)62(52(46-69)82-65)83-64-58(76)55(73)54(72)50(44-67)80-64/h28-29,32,34,40,42,48-52,54-65,67-70,72-78H,3-27,30-31,33,35-39,41,43-47H2,1-2H3,(H,66,71)/b29-28+,34-32+,42-40+. The van der Waals surface area contributed by atoms with Crippen LogP contribution in [0, 0.1) is 0 Å². The van der Waals surface area contributed by atoms with Crippen molar-refractivity contribution in [3.63, 3.8) is 0 Å². The van der Waals surface area contributed by atoms with Crippen LogP contribution in [0.5, 0.6) is 0 Å². The molecule has 0 saturated carbocycles. The highest BCUT2D eigenvalue weighted by Crippen LogP contribution is 2.33. The Morgan fingerprint density at radius 1 is 0.417 bits per heavy atom. The normalized spacial score (nSPS) is 29.4. The van der Waals surface area contributed by atoms with Crippen LogP contribution in [-0.4, -0.2) is 193 Å². The summed E-state index contributed by atoms with van der Waals surface area (Å²) in [5, 5.41) is 120. The van der Waals surface area contributed by atoms with Crippen LogP contribution in [0.2, 0.25) is 0 Å². The molecule has 492 valence electrons. The fraction of sp³-hybridized carbons (Fsp3) is 0.892. The number of ether oxygens (including phenoxy) is 6. The molecule has 0 aromatic carbocycles. The zero-order chi connectivity index (χ0) is 61.2. The van der Waals surface area contributed by atoms with Gasteiger partial charge in [0, 0.05) is 6.42 Å². The van der Waals surface area contributed by atoms with E-state index in [9.17, 15) is 61.0 Å². The van der Waals surface area contributed by atoms with Crippen LogP contribution >= 0.6 is 0 Å². The molecular formula is C65H119NO18. The molecule has 0 spiro atoms. The molecule has 3 saturated heterocycles. The van der Waals surface area contributed by atoms with Gasteiger partial charge in [0.15, 0.2) is 18.9 Å². The predicted octanol–water partition coefficient (Wildman–Crippen LogP) is 7.66. The van der Waals surface area contributed by atoms with Crippen LogP contribution in [0.1, 0.15) is 239 Å². The monoisotopic (exact) mass is 1200 g/mol. The van der Waals surface area contributed by atoms with Crippen LogP contribution in [0.15, 0.2) is 36.5 Å². The van der Waals surface area contributed by atoms with Crippen LogP contribution in [0.4, 0.5) is 0 Å². The summed E-state index contributed by atoms with van der Waals surface area (Å²) >= 11 is 0. The van der Waals surface area contributed by atoms with Gasteiger partial charge in [-0.1, -0.05) is 224 Å². The molecule has 0 bridgehead atoms. The quantitative estimate of drug-likeness (QED) is 0.0205. The molecule has 19 nitrogen and oxygen atoms in total. The van der Waals surface area contributed by atoms with Crippen LogP contribution in [0.25, 0.3) is 0 Å². The number of aliphatic hydroxyl groups is 11. The van der Waals surface area contributed by atoms with Gasteiger partial charge in [0.05, 0.1) is 38.6 Å². The second-order valence-electron chi connectivity index (χ2n) is 23.9. The van der Waals surface area contributed by atoms with E-state index < -0.39 is 124 Å². The van der Waals surface area contributed by atoms with Gasteiger partial charge < -0.3 is 89.9 Å². The van der Waals surface area contributed by atoms with Gasteiger partial charge in [-0.05, 0) is 44.9 Å². The first-order valence-corrected chi connectivity index (χ1v) is 33.2. The Bertz CT molecular complexity index is 1670. The van der Waals surface area contributed by atoms with Gasteiger partial charge in [0.25, 0.3) is 0 Å². The van der Waals surface area contributed by atoms with E-state index in [1.54, 1.807) is 6.08 Å². The third-order valence-electron chi connectivity index (χ3n) is 16.7. The molecule has 0 aromatic rings. The van der Waals surface area contributed by atoms with Gasteiger partial charge in [-0.25, -0.2) is 0 Å². The summed E-state index contributed by atoms with van der Waals surface area (Å²) in [6, 6.07) is -0.993. The maximum Gasteiger partial charge on any atom is 0.220 e. The van der Waals surface area contributed by atoms with E-state index in [0.29, 0.717) is 12.8 Å². The lowest BCUT2D eigenvalue weighted by Gasteiger charge is -2.48. The van der Waals surface area contributed by atoms with E-state index in [1.165, 1.54) is 161 Å². The van der Waals surface area contributed by atoms with Crippen LogP contribution < -0.4 is 5.32 Å². The minimum Gasteiger partial charge on any atom is -0.394 e. The van der Waals surface area contributed by atoms with E-state index >= 15 is 0 Å². The molecule has 12 N–H and O–H groups in total. The number of unbranched alkanes of at least 4 members (excludes halogenated alkanes) is 30. The molecular weight excluding hydrogens is 1080 g/mol. The number of carbonyl (C=O) groups excluding carboxylic acids is 1. The number of hydrogen-bond acceptors (Lipinski definition) is 18. The molecule has 3 rings (SSSR count). The maximum atomic E-state index is 13.3. The Morgan fingerprint density at radius 3 is 1.19 bits per heavy atom. The van der Waals surface area contributed by atoms with Gasteiger partial charge in [-0.15, -0.1) is 0 Å². The molecule has 0 aliphatic carbocycles. The molecule has 1 amide bonds. The first-order chi connectivity index (χ1) is 40.8. The van der Waals surface area contributed by atoms with Crippen molar-refractivity contribution in [1.29, 1.82) is 0 Å². The van der Waals surface area contributed by atoms with E-state index in [2.05, 4.69) is 43.5 Å². The van der Waals surface area contributed by atoms with Crippen molar-refractivity contribution in [1.82, 2.24) is 5.32 Å². The average Bonchev–Trinajstić information content (AvgIpc) is 2.94. The van der Waals surface area contributed by atoms with Crippen molar-refractivity contribution >= 4 is 5.91 Å². The van der Waals surface area contributed by atoms with Gasteiger partial charge in [-0.2, -0.15) is 0 Å². The minimum absolute atomic E-state index is 0.234. The first kappa shape index (κ1) is 76.3. The smallest absolute Gasteiger partial charge is 0.220 e. The molecule has 3 fully saturated rings. The lowest BCUT2D eigenvalue weighted by Crippen LogP contribution is -2.66. The van der Waals surface area contributed by atoms with E-state index in [4.69, 9.17) is 28.4 Å². The Balaban J connectivity index is 1.45. The second-order valence-corrected chi connectivity index (χ2v) is 23.9. The summed E-state index contributed by atoms with van der Waals surface area (Å²) < 4.78 is 34.2. The zero-order valence-electron chi connectivity index (χ0n) is 51.6. The van der Waals surface area contributed by atoms with Gasteiger partial charge in [0.2, 0.25) is 5.91 Å². The highest BCUT2D eigenvalue weighted by atomic mass is 16.8. The van der Waals surface area contributed by atoms with E-state index in [0.717, 1.165) is 44.9 Å². The van der Waals surface area contributed by atoms with Gasteiger partial charge >= 0.3 is 0 Å². The Hall–Kier alpha value is -1.99. The number of allylic oxidation sites excluding steroid dienone is 5. The number of nitrogens with one attached hydrogen (secondary N) is 1. The molecule has 17 unspecified atom stereocenters. The van der Waals surface area contributed by atoms with Gasteiger partial charge in [-0.3, -0.25) is 4.79 Å². The third kappa shape index (κ3) is 30.5. The van der Waals surface area contributed by atoms with Crippen LogP contribution in [0.3, 0.4) is 0 Å². The summed E-state index contributed by atoms with van der Waals surface area (Å²) in [7, 11) is 0. The number of rotatable bonds is 50. The van der Waals surface area contributed by atoms with Crippen molar-refractivity contribution in [3.8, 4) is 0 Å². The van der Waals surface area contributed by atoms with Crippen molar-refractivity contribution in [2.24, 2.45) is 0 Å². The molecule has 0 aromatic heterocycles. The number of amides is 1. The van der Waals surface area contributed by atoms with Gasteiger partial charge in [0.1, 0.15) is 73.2 Å². The fourth-order valence-corrected chi connectivity index (χ4v) is 11.2. The second kappa shape index (κ2) is 47.9. The molecule has 0 radical (unpaired) electrons. The SMILES string of the molecule is CCCCCCCCCCCCCCCCCCC/C=C/CC/C=C/CC/C=C/C(O)C(COC1OC(CO)C(OC2OC(CO)C(OC3OC(CO)C(O)C(O)C3O)C(O)C2O)C(O)C1O)NC(=O)CCCCCCCCCCCCCC.